The van der Waals surface area contributed by atoms with Crippen LogP contribution < -0.4 is 5.32 Å². The van der Waals surface area contributed by atoms with Crippen LogP contribution in [-0.2, 0) is 22.9 Å². The van der Waals surface area contributed by atoms with Crippen molar-refractivity contribution < 1.29 is 8.42 Å². The first-order chi connectivity index (χ1) is 12.3. The highest BCUT2D eigenvalue weighted by Gasteiger charge is 2.09. The van der Waals surface area contributed by atoms with Crippen LogP contribution in [0.4, 0.5) is 0 Å². The number of aliphatic imine (C=N–C) groups is 1. The first-order valence-corrected chi connectivity index (χ1v) is 11.0. The minimum absolute atomic E-state index is 0. The van der Waals surface area contributed by atoms with Gasteiger partial charge < -0.3 is 10.2 Å². The zero-order valence-electron chi connectivity index (χ0n) is 15.6. The molecule has 2 rings (SSSR count). The third-order valence-electron chi connectivity index (χ3n) is 3.82. The second kappa shape index (κ2) is 11.0. The number of rotatable bonds is 6. The van der Waals surface area contributed by atoms with Crippen molar-refractivity contribution in [3.63, 3.8) is 0 Å². The van der Waals surface area contributed by atoms with Crippen LogP contribution in [0.25, 0.3) is 0 Å². The molecule has 0 aliphatic rings. The molecule has 0 fully saturated rings. The van der Waals surface area contributed by atoms with Crippen molar-refractivity contribution in [2.45, 2.75) is 24.9 Å². The lowest BCUT2D eigenvalue weighted by atomic mass is 10.2. The highest BCUT2D eigenvalue weighted by molar-refractivity contribution is 14.0. The molecule has 0 amide bonds. The Kier molecular flexibility index (Phi) is 9.75. The molecular formula is C19H25BrIN3O2S. The maximum absolute atomic E-state index is 11.5. The van der Waals surface area contributed by atoms with Crippen LogP contribution >= 0.6 is 39.9 Å². The predicted molar refractivity (Wildman–Crippen MR) is 125 cm³/mol. The van der Waals surface area contributed by atoms with Gasteiger partial charge in [0.05, 0.1) is 11.4 Å². The summed E-state index contributed by atoms with van der Waals surface area (Å²) in [5.41, 5.74) is 2.14. The first kappa shape index (κ1) is 23.9. The highest BCUT2D eigenvalue weighted by Crippen LogP contribution is 2.17. The Morgan fingerprint density at radius 2 is 1.78 bits per heavy atom. The molecule has 0 aliphatic heterocycles. The molecule has 27 heavy (non-hydrogen) atoms. The fourth-order valence-electron chi connectivity index (χ4n) is 2.43. The minimum atomic E-state index is -3.17. The first-order valence-electron chi connectivity index (χ1n) is 8.33. The summed E-state index contributed by atoms with van der Waals surface area (Å²) in [5.74, 6) is 0.801. The Balaban J connectivity index is 0.00000364. The summed E-state index contributed by atoms with van der Waals surface area (Å²) in [5, 5.41) is 3.29. The van der Waals surface area contributed by atoms with Crippen LogP contribution in [0, 0.1) is 0 Å². The topological polar surface area (TPSA) is 61.8 Å². The van der Waals surface area contributed by atoms with E-state index < -0.39 is 9.84 Å². The quantitative estimate of drug-likeness (QED) is 0.326. The molecule has 0 aliphatic carbocycles. The number of nitrogens with zero attached hydrogens (tertiary/aromatic N) is 2. The van der Waals surface area contributed by atoms with Gasteiger partial charge in [-0.1, -0.05) is 46.3 Å². The summed E-state index contributed by atoms with van der Waals surface area (Å²) in [4.78, 5) is 7.05. The predicted octanol–water partition coefficient (Wildman–Crippen LogP) is 4.07. The number of hydrogen-bond donors (Lipinski definition) is 1. The zero-order valence-corrected chi connectivity index (χ0v) is 20.4. The van der Waals surface area contributed by atoms with Crippen LogP contribution in [0.15, 0.2) is 62.9 Å². The van der Waals surface area contributed by atoms with Crippen molar-refractivity contribution >= 4 is 55.7 Å². The van der Waals surface area contributed by atoms with Crippen molar-refractivity contribution in [3.8, 4) is 0 Å². The van der Waals surface area contributed by atoms with Crippen molar-refractivity contribution in [2.75, 3.05) is 19.8 Å². The zero-order chi connectivity index (χ0) is 19.2. The molecule has 2 aromatic carbocycles. The Morgan fingerprint density at radius 1 is 1.15 bits per heavy atom. The van der Waals surface area contributed by atoms with E-state index in [1.807, 2.05) is 32.2 Å². The molecular weight excluding hydrogens is 541 g/mol. The Bertz CT molecular complexity index is 871. The molecule has 0 spiro atoms. The number of halogens is 2. The van der Waals surface area contributed by atoms with Gasteiger partial charge in [0.1, 0.15) is 0 Å². The van der Waals surface area contributed by atoms with E-state index in [-0.39, 0.29) is 24.0 Å². The molecule has 0 radical (unpaired) electrons. The molecule has 148 valence electrons. The fourth-order valence-corrected chi connectivity index (χ4v) is 3.48. The summed E-state index contributed by atoms with van der Waals surface area (Å²) in [6, 6.07) is 15.0. The second-order valence-corrected chi connectivity index (χ2v) is 8.90. The third-order valence-corrected chi connectivity index (χ3v) is 5.73. The Labute approximate surface area is 187 Å². The number of nitrogens with one attached hydrogen (secondary N) is 1. The van der Waals surface area contributed by atoms with E-state index in [4.69, 9.17) is 0 Å². The van der Waals surface area contributed by atoms with Gasteiger partial charge in [-0.2, -0.15) is 0 Å². The Morgan fingerprint density at radius 3 is 2.33 bits per heavy atom. The van der Waals surface area contributed by atoms with Crippen LogP contribution in [0.1, 0.15) is 18.1 Å². The van der Waals surface area contributed by atoms with Crippen molar-refractivity contribution in [1.29, 1.82) is 0 Å². The average molecular weight is 566 g/mol. The Hall–Kier alpha value is -1.13. The van der Waals surface area contributed by atoms with E-state index in [1.54, 1.807) is 24.3 Å². The van der Waals surface area contributed by atoms with E-state index in [0.717, 1.165) is 29.1 Å². The molecule has 0 bridgehead atoms. The maximum atomic E-state index is 11.5. The van der Waals surface area contributed by atoms with Crippen LogP contribution in [-0.4, -0.2) is 39.1 Å². The van der Waals surface area contributed by atoms with Crippen LogP contribution in [0.3, 0.4) is 0 Å². The summed E-state index contributed by atoms with van der Waals surface area (Å²) >= 11 is 3.58. The normalized spacial score (nSPS) is 11.6. The van der Waals surface area contributed by atoms with Gasteiger partial charge in [0.15, 0.2) is 15.8 Å². The van der Waals surface area contributed by atoms with Gasteiger partial charge in [0.25, 0.3) is 0 Å². The summed E-state index contributed by atoms with van der Waals surface area (Å²) in [6.45, 7) is 4.00. The number of guanidine groups is 1. The average Bonchev–Trinajstić information content (AvgIpc) is 2.60. The lowest BCUT2D eigenvalue weighted by Crippen LogP contribution is -2.38. The summed E-state index contributed by atoms with van der Waals surface area (Å²) < 4.78 is 24.1. The van der Waals surface area contributed by atoms with E-state index in [1.165, 1.54) is 11.8 Å². The van der Waals surface area contributed by atoms with E-state index in [2.05, 4.69) is 37.2 Å². The SMILES string of the molecule is CCNC(=NCc1ccc(S(C)(=O)=O)cc1)N(C)Cc1ccccc1Br.I. The molecule has 1 N–H and O–H groups in total. The summed E-state index contributed by atoms with van der Waals surface area (Å²) in [7, 11) is -1.18. The smallest absolute Gasteiger partial charge is 0.194 e. The van der Waals surface area contributed by atoms with Gasteiger partial charge in [0.2, 0.25) is 0 Å². The monoisotopic (exact) mass is 565 g/mol. The van der Waals surface area contributed by atoms with Gasteiger partial charge in [0, 0.05) is 30.9 Å². The van der Waals surface area contributed by atoms with Crippen molar-refractivity contribution in [2.24, 2.45) is 4.99 Å². The van der Waals surface area contributed by atoms with Gasteiger partial charge in [-0.25, -0.2) is 13.4 Å². The molecule has 0 saturated heterocycles. The second-order valence-electron chi connectivity index (χ2n) is 6.03. The number of hydrogen-bond acceptors (Lipinski definition) is 3. The molecule has 0 heterocycles. The standard InChI is InChI=1S/C19H24BrN3O2S.HI/c1-4-21-19(23(2)14-16-7-5-6-8-18(16)20)22-13-15-9-11-17(12-10-15)26(3,24)25;/h5-12H,4,13-14H2,1-3H3,(H,21,22);1H. The molecule has 5 nitrogen and oxygen atoms in total. The van der Waals surface area contributed by atoms with Gasteiger partial charge >= 0.3 is 0 Å². The van der Waals surface area contributed by atoms with E-state index in [9.17, 15) is 8.42 Å². The van der Waals surface area contributed by atoms with Gasteiger partial charge in [-0.15, -0.1) is 24.0 Å². The molecule has 2 aromatic rings. The summed E-state index contributed by atoms with van der Waals surface area (Å²) in [6.07, 6.45) is 1.21. The molecule has 0 unspecified atom stereocenters. The van der Waals surface area contributed by atoms with Crippen LogP contribution in [0.2, 0.25) is 0 Å². The maximum Gasteiger partial charge on any atom is 0.194 e. The lowest BCUT2D eigenvalue weighted by molar-refractivity contribution is 0.476. The minimum Gasteiger partial charge on any atom is -0.357 e. The van der Waals surface area contributed by atoms with Crippen molar-refractivity contribution in [3.05, 3.63) is 64.1 Å². The van der Waals surface area contributed by atoms with E-state index >= 15 is 0 Å². The number of benzene rings is 2. The van der Waals surface area contributed by atoms with Crippen molar-refractivity contribution in [1.82, 2.24) is 10.2 Å². The molecule has 8 heteroatoms. The van der Waals surface area contributed by atoms with Gasteiger partial charge in [-0.05, 0) is 36.2 Å². The number of sulfone groups is 1. The molecule has 0 saturated carbocycles. The largest absolute Gasteiger partial charge is 0.357 e. The van der Waals surface area contributed by atoms with Gasteiger partial charge in [-0.3, -0.25) is 0 Å². The van der Waals surface area contributed by atoms with Crippen LogP contribution in [0.5, 0.6) is 0 Å². The molecule has 0 aromatic heterocycles. The highest BCUT2D eigenvalue weighted by atomic mass is 127. The lowest BCUT2D eigenvalue weighted by Gasteiger charge is -2.22. The van der Waals surface area contributed by atoms with E-state index in [0.29, 0.717) is 11.4 Å². The fraction of sp³-hybridized carbons (Fsp3) is 0.316. The third kappa shape index (κ3) is 7.42. The molecule has 0 atom stereocenters.